The molecule has 0 radical (unpaired) electrons. The Labute approximate surface area is 141 Å². The third kappa shape index (κ3) is 3.27. The number of nitrogens with one attached hydrogen (secondary N) is 1. The zero-order valence-electron chi connectivity index (χ0n) is 13.2. The van der Waals surface area contributed by atoms with E-state index < -0.39 is 11.9 Å². The van der Waals surface area contributed by atoms with E-state index in [1.54, 1.807) is 19.1 Å². The Balaban J connectivity index is 1.86. The number of rotatable bonds is 4. The summed E-state index contributed by atoms with van der Waals surface area (Å²) in [5, 5.41) is 21.4. The van der Waals surface area contributed by atoms with E-state index in [2.05, 4.69) is 10.3 Å². The minimum absolute atomic E-state index is 0.0955. The molecule has 0 saturated heterocycles. The van der Waals surface area contributed by atoms with E-state index in [1.165, 1.54) is 22.7 Å². The first-order valence-corrected chi connectivity index (χ1v) is 7.34. The van der Waals surface area contributed by atoms with Crippen molar-refractivity contribution in [2.45, 2.75) is 13.5 Å². The minimum Gasteiger partial charge on any atom is -0.506 e. The fourth-order valence-corrected chi connectivity index (χ4v) is 2.44. The van der Waals surface area contributed by atoms with E-state index in [9.17, 15) is 24.2 Å². The van der Waals surface area contributed by atoms with Gasteiger partial charge in [-0.2, -0.15) is 0 Å². The molecule has 0 aliphatic rings. The lowest BCUT2D eigenvalue weighted by Gasteiger charge is -2.08. The number of benzene rings is 1. The second kappa shape index (κ2) is 6.23. The van der Waals surface area contributed by atoms with Crippen LogP contribution in [0, 0.1) is 12.7 Å². The van der Waals surface area contributed by atoms with Gasteiger partial charge in [0.25, 0.3) is 5.91 Å². The van der Waals surface area contributed by atoms with E-state index in [1.807, 2.05) is 0 Å². The van der Waals surface area contributed by atoms with E-state index >= 15 is 0 Å². The summed E-state index contributed by atoms with van der Waals surface area (Å²) >= 11 is 0. The van der Waals surface area contributed by atoms with Gasteiger partial charge in [-0.15, -0.1) is 0 Å². The van der Waals surface area contributed by atoms with Gasteiger partial charge in [0.1, 0.15) is 28.6 Å². The lowest BCUT2D eigenvalue weighted by Crippen LogP contribution is -2.25. The molecule has 0 atom stereocenters. The van der Waals surface area contributed by atoms with Crippen LogP contribution in [0.5, 0.6) is 5.75 Å². The number of amides is 1. The molecule has 25 heavy (non-hydrogen) atoms. The van der Waals surface area contributed by atoms with E-state index in [0.29, 0.717) is 11.1 Å². The Morgan fingerprint density at radius 3 is 2.72 bits per heavy atom. The molecule has 0 bridgehead atoms. The van der Waals surface area contributed by atoms with Gasteiger partial charge in [0.05, 0.1) is 6.20 Å². The summed E-state index contributed by atoms with van der Waals surface area (Å²) in [6.07, 6.45) is 1.20. The van der Waals surface area contributed by atoms with Crippen molar-refractivity contribution in [3.8, 4) is 5.75 Å². The van der Waals surface area contributed by atoms with Crippen molar-refractivity contribution in [2.75, 3.05) is 0 Å². The predicted octanol–water partition coefficient (Wildman–Crippen LogP) is 2.12. The molecule has 0 spiro atoms. The van der Waals surface area contributed by atoms with Crippen LogP contribution in [0.2, 0.25) is 0 Å². The second-order valence-electron chi connectivity index (χ2n) is 5.52. The fraction of sp³-hybridized carbons (Fsp3) is 0.118. The maximum absolute atomic E-state index is 13.3. The molecular weight excluding hydrogens is 329 g/mol. The highest BCUT2D eigenvalue weighted by atomic mass is 19.1. The van der Waals surface area contributed by atoms with Crippen LogP contribution >= 0.6 is 0 Å². The summed E-state index contributed by atoms with van der Waals surface area (Å²) in [4.78, 5) is 27.7. The summed E-state index contributed by atoms with van der Waals surface area (Å²) in [5.74, 6) is -2.32. The van der Waals surface area contributed by atoms with Crippen molar-refractivity contribution in [2.24, 2.45) is 0 Å². The molecule has 128 valence electrons. The molecule has 2 aromatic heterocycles. The summed E-state index contributed by atoms with van der Waals surface area (Å²) in [6.45, 7) is 1.76. The van der Waals surface area contributed by atoms with Gasteiger partial charge >= 0.3 is 5.97 Å². The summed E-state index contributed by atoms with van der Waals surface area (Å²) in [7, 11) is 0. The number of hydrogen-bond acceptors (Lipinski definition) is 4. The summed E-state index contributed by atoms with van der Waals surface area (Å²) in [6, 6.07) is 6.85. The Morgan fingerprint density at radius 2 is 2.04 bits per heavy atom. The maximum Gasteiger partial charge on any atom is 0.352 e. The average Bonchev–Trinajstić information content (AvgIpc) is 2.94. The van der Waals surface area contributed by atoms with Crippen molar-refractivity contribution in [3.63, 3.8) is 0 Å². The summed E-state index contributed by atoms with van der Waals surface area (Å²) < 4.78 is 14.4. The highest BCUT2D eigenvalue weighted by molar-refractivity contribution is 5.96. The highest BCUT2D eigenvalue weighted by Crippen LogP contribution is 2.17. The molecule has 0 aliphatic carbocycles. The second-order valence-corrected chi connectivity index (χ2v) is 5.52. The van der Waals surface area contributed by atoms with Gasteiger partial charge in [-0.05, 0) is 24.1 Å². The molecule has 3 N–H and O–H groups in total. The molecule has 0 aliphatic heterocycles. The number of halogens is 1. The first-order chi connectivity index (χ1) is 11.8. The average molecular weight is 343 g/mol. The molecule has 0 saturated carbocycles. The molecule has 0 unspecified atom stereocenters. The number of carboxylic acid groups (broad SMARTS) is 1. The maximum atomic E-state index is 13.3. The van der Waals surface area contributed by atoms with Gasteiger partial charge in [0, 0.05) is 18.7 Å². The molecule has 0 fully saturated rings. The summed E-state index contributed by atoms with van der Waals surface area (Å²) in [5.41, 5.74) is 1.00. The number of aromatic nitrogens is 2. The van der Waals surface area contributed by atoms with Crippen molar-refractivity contribution < 1.29 is 24.2 Å². The van der Waals surface area contributed by atoms with Crippen molar-refractivity contribution in [3.05, 3.63) is 64.9 Å². The molecule has 3 rings (SSSR count). The van der Waals surface area contributed by atoms with E-state index in [4.69, 9.17) is 0 Å². The molecule has 1 amide bonds. The monoisotopic (exact) mass is 343 g/mol. The van der Waals surface area contributed by atoms with Gasteiger partial charge in [-0.1, -0.05) is 12.1 Å². The van der Waals surface area contributed by atoms with Crippen molar-refractivity contribution in [1.29, 1.82) is 0 Å². The molecule has 3 aromatic rings. The van der Waals surface area contributed by atoms with Gasteiger partial charge in [0.2, 0.25) is 0 Å². The van der Waals surface area contributed by atoms with Crippen LogP contribution in [0.15, 0.2) is 36.5 Å². The first kappa shape index (κ1) is 16.4. The van der Waals surface area contributed by atoms with Gasteiger partial charge in [-0.3, -0.25) is 9.20 Å². The molecule has 1 aromatic carbocycles. The van der Waals surface area contributed by atoms with Crippen LogP contribution in [-0.2, 0) is 6.54 Å². The number of carboxylic acids is 1. The normalized spacial score (nSPS) is 10.8. The smallest absolute Gasteiger partial charge is 0.352 e. The predicted molar refractivity (Wildman–Crippen MR) is 86.1 cm³/mol. The third-order valence-electron chi connectivity index (χ3n) is 3.68. The number of aromatic hydroxyl groups is 1. The number of aromatic carboxylic acids is 1. The largest absolute Gasteiger partial charge is 0.506 e. The standard InChI is InChI=1S/C17H14FN3O4/c1-9-4-10(2-3-12(9)18)7-19-16(23)13-6-14(17(24)25)21-8-11(22)5-15(21)20-13/h2-6,8,22H,7H2,1H3,(H,19,23)(H,24,25). The zero-order chi connectivity index (χ0) is 18.1. The van der Waals surface area contributed by atoms with Crippen LogP contribution in [-0.4, -0.2) is 31.5 Å². The Hall–Kier alpha value is -3.42. The number of aryl methyl sites for hydroxylation is 1. The molecule has 7 nitrogen and oxygen atoms in total. The third-order valence-corrected chi connectivity index (χ3v) is 3.68. The number of fused-ring (bicyclic) bond motifs is 1. The molecule has 8 heteroatoms. The quantitative estimate of drug-likeness (QED) is 0.673. The zero-order valence-corrected chi connectivity index (χ0v) is 13.2. The van der Waals surface area contributed by atoms with Gasteiger partial charge in [-0.25, -0.2) is 14.2 Å². The van der Waals surface area contributed by atoms with Gasteiger partial charge in [0.15, 0.2) is 0 Å². The van der Waals surface area contributed by atoms with E-state index in [-0.39, 0.29) is 35.1 Å². The van der Waals surface area contributed by atoms with Gasteiger partial charge < -0.3 is 15.5 Å². The van der Waals surface area contributed by atoms with E-state index in [0.717, 1.165) is 6.07 Å². The number of nitrogens with zero attached hydrogens (tertiary/aromatic N) is 2. The van der Waals surface area contributed by atoms with Crippen LogP contribution < -0.4 is 5.32 Å². The molecule has 2 heterocycles. The number of carbonyl (C=O) groups is 2. The lowest BCUT2D eigenvalue weighted by molar-refractivity contribution is 0.0688. The number of carbonyl (C=O) groups excluding carboxylic acids is 1. The van der Waals surface area contributed by atoms with Crippen molar-refractivity contribution in [1.82, 2.24) is 14.7 Å². The Morgan fingerprint density at radius 1 is 1.28 bits per heavy atom. The first-order valence-electron chi connectivity index (χ1n) is 7.34. The topological polar surface area (TPSA) is 104 Å². The number of hydrogen-bond donors (Lipinski definition) is 3. The Bertz CT molecular complexity index is 997. The SMILES string of the molecule is Cc1cc(CNC(=O)c2cc(C(=O)O)n3cc(O)cc3n2)ccc1F. The van der Waals surface area contributed by atoms with Crippen LogP contribution in [0.1, 0.15) is 32.1 Å². The Kier molecular flexibility index (Phi) is 4.10. The van der Waals surface area contributed by atoms with Crippen molar-refractivity contribution >= 4 is 17.5 Å². The fourth-order valence-electron chi connectivity index (χ4n) is 2.44. The van der Waals surface area contributed by atoms with Crippen LogP contribution in [0.25, 0.3) is 5.65 Å². The molecular formula is C17H14FN3O4. The minimum atomic E-state index is -1.26. The van der Waals surface area contributed by atoms with Crippen LogP contribution in [0.4, 0.5) is 4.39 Å². The van der Waals surface area contributed by atoms with Crippen LogP contribution in [0.3, 0.4) is 0 Å². The lowest BCUT2D eigenvalue weighted by atomic mass is 10.1. The highest BCUT2D eigenvalue weighted by Gasteiger charge is 2.17.